The molecule has 25 heavy (non-hydrogen) atoms. The van der Waals surface area contributed by atoms with Crippen molar-refractivity contribution in [1.29, 1.82) is 0 Å². The molecule has 0 spiro atoms. The van der Waals surface area contributed by atoms with Crippen LogP contribution in [0.15, 0.2) is 41.5 Å². The molecule has 130 valence electrons. The Hall–Kier alpha value is -2.47. The Morgan fingerprint density at radius 2 is 2.08 bits per heavy atom. The van der Waals surface area contributed by atoms with E-state index < -0.39 is 0 Å². The van der Waals surface area contributed by atoms with Gasteiger partial charge in [-0.1, -0.05) is 30.3 Å². The Morgan fingerprint density at radius 1 is 1.24 bits per heavy atom. The van der Waals surface area contributed by atoms with Gasteiger partial charge in [0.15, 0.2) is 0 Å². The van der Waals surface area contributed by atoms with Gasteiger partial charge in [-0.25, -0.2) is 4.98 Å². The lowest BCUT2D eigenvalue weighted by Crippen LogP contribution is -2.43. The topological polar surface area (TPSA) is 69.3 Å². The number of fused-ring (bicyclic) bond motifs is 1. The van der Waals surface area contributed by atoms with Crippen LogP contribution in [0.25, 0.3) is 0 Å². The number of benzene rings is 1. The molecular weight excluding hydrogens is 316 g/mol. The minimum Gasteiger partial charge on any atom is -0.335 e. The van der Waals surface area contributed by atoms with E-state index in [-0.39, 0.29) is 11.5 Å². The van der Waals surface area contributed by atoms with Gasteiger partial charge in [0.1, 0.15) is 0 Å². The summed E-state index contributed by atoms with van der Waals surface area (Å²) < 4.78 is 0. The van der Waals surface area contributed by atoms with Crippen LogP contribution in [0, 0.1) is 0 Å². The molecule has 1 aromatic heterocycles. The molecule has 1 amide bonds. The van der Waals surface area contributed by atoms with Crippen LogP contribution < -0.4 is 5.56 Å². The number of likely N-dealkylation sites (tertiary alicyclic amines) is 1. The van der Waals surface area contributed by atoms with Crippen molar-refractivity contribution in [2.24, 2.45) is 0 Å². The quantitative estimate of drug-likeness (QED) is 0.911. The number of carbonyl (C=O) groups excluding carboxylic acids is 1. The van der Waals surface area contributed by atoms with E-state index in [0.29, 0.717) is 32.0 Å². The fraction of sp³-hybridized carbons (Fsp3) is 0.421. The molecule has 1 atom stereocenters. The largest absolute Gasteiger partial charge is 0.335 e. The van der Waals surface area contributed by atoms with Crippen LogP contribution in [-0.2, 0) is 17.8 Å². The van der Waals surface area contributed by atoms with Gasteiger partial charge >= 0.3 is 0 Å². The Bertz CT molecular complexity index is 818. The fourth-order valence-corrected chi connectivity index (χ4v) is 3.84. The lowest BCUT2D eigenvalue weighted by atomic mass is 9.99. The molecule has 2 aliphatic heterocycles. The van der Waals surface area contributed by atoms with Crippen molar-refractivity contribution < 1.29 is 4.79 Å². The normalized spacial score (nSPS) is 20.5. The highest BCUT2D eigenvalue weighted by molar-refractivity contribution is 5.78. The number of rotatable bonds is 3. The van der Waals surface area contributed by atoms with E-state index in [9.17, 15) is 9.59 Å². The third-order valence-corrected chi connectivity index (χ3v) is 5.27. The smallest absolute Gasteiger partial charge is 0.254 e. The highest BCUT2D eigenvalue weighted by Gasteiger charge is 2.28. The van der Waals surface area contributed by atoms with Crippen molar-refractivity contribution in [3.63, 3.8) is 0 Å². The molecule has 6 heteroatoms. The lowest BCUT2D eigenvalue weighted by molar-refractivity contribution is -0.133. The molecule has 6 nitrogen and oxygen atoms in total. The molecule has 0 bridgehead atoms. The van der Waals surface area contributed by atoms with Crippen molar-refractivity contribution >= 4 is 5.91 Å². The van der Waals surface area contributed by atoms with Crippen LogP contribution in [0.3, 0.4) is 0 Å². The van der Waals surface area contributed by atoms with E-state index in [1.165, 1.54) is 11.9 Å². The Balaban J connectivity index is 1.36. The maximum atomic E-state index is 12.7. The summed E-state index contributed by atoms with van der Waals surface area (Å²) in [4.78, 5) is 35.3. The molecule has 1 saturated heterocycles. The van der Waals surface area contributed by atoms with Crippen molar-refractivity contribution in [2.75, 3.05) is 26.2 Å². The molecule has 3 heterocycles. The molecule has 0 aliphatic carbocycles. The van der Waals surface area contributed by atoms with E-state index in [0.717, 1.165) is 30.8 Å². The number of carbonyl (C=O) groups is 1. The predicted octanol–water partition coefficient (Wildman–Crippen LogP) is 1.14. The van der Waals surface area contributed by atoms with Gasteiger partial charge in [-0.3, -0.25) is 14.5 Å². The maximum absolute atomic E-state index is 12.7. The summed E-state index contributed by atoms with van der Waals surface area (Å²) in [7, 11) is 0. The summed E-state index contributed by atoms with van der Waals surface area (Å²) in [6.45, 7) is 3.36. The first-order valence-corrected chi connectivity index (χ1v) is 8.81. The molecule has 2 aromatic rings. The molecule has 0 saturated carbocycles. The zero-order valence-corrected chi connectivity index (χ0v) is 14.1. The molecule has 0 unspecified atom stereocenters. The van der Waals surface area contributed by atoms with E-state index >= 15 is 0 Å². The minimum atomic E-state index is -0.0812. The van der Waals surface area contributed by atoms with Crippen molar-refractivity contribution in [1.82, 2.24) is 19.8 Å². The van der Waals surface area contributed by atoms with E-state index in [1.54, 1.807) is 0 Å². The first-order valence-electron chi connectivity index (χ1n) is 8.81. The van der Waals surface area contributed by atoms with Crippen molar-refractivity contribution in [3.8, 4) is 0 Å². The first-order chi connectivity index (χ1) is 12.2. The van der Waals surface area contributed by atoms with Crippen molar-refractivity contribution in [2.45, 2.75) is 25.3 Å². The number of aromatic nitrogens is 2. The second-order valence-corrected chi connectivity index (χ2v) is 6.85. The Morgan fingerprint density at radius 3 is 2.92 bits per heavy atom. The van der Waals surface area contributed by atoms with Gasteiger partial charge in [0.2, 0.25) is 5.91 Å². The average Bonchev–Trinajstić information content (AvgIpc) is 3.11. The van der Waals surface area contributed by atoms with Gasteiger partial charge < -0.3 is 9.88 Å². The van der Waals surface area contributed by atoms with E-state index in [4.69, 9.17) is 0 Å². The number of nitrogens with zero attached hydrogens (tertiary/aromatic N) is 3. The Kier molecular flexibility index (Phi) is 4.36. The van der Waals surface area contributed by atoms with Gasteiger partial charge in [0, 0.05) is 18.7 Å². The molecule has 0 radical (unpaired) electrons. The zero-order chi connectivity index (χ0) is 17.2. The van der Waals surface area contributed by atoms with Crippen LogP contribution >= 0.6 is 0 Å². The number of amides is 1. The molecule has 1 aromatic carbocycles. The van der Waals surface area contributed by atoms with Crippen LogP contribution in [0.4, 0.5) is 0 Å². The number of hydrogen-bond acceptors (Lipinski definition) is 4. The number of hydrogen-bond donors (Lipinski definition) is 1. The standard InChI is InChI=1S/C19H22N4O2/c24-18(23-9-7-16-17(11-23)20-13-21-19(16)25)12-22-8-6-15(10-22)14-4-2-1-3-5-14/h1-5,13,15H,6-12H2,(H,20,21,25)/t15-/m0/s1. The monoisotopic (exact) mass is 338 g/mol. The summed E-state index contributed by atoms with van der Waals surface area (Å²) in [5.41, 5.74) is 2.72. The third-order valence-electron chi connectivity index (χ3n) is 5.27. The molecule has 4 rings (SSSR count). The number of H-pyrrole nitrogens is 1. The second kappa shape index (κ2) is 6.80. The van der Waals surface area contributed by atoms with Crippen molar-refractivity contribution in [3.05, 3.63) is 63.8 Å². The summed E-state index contributed by atoms with van der Waals surface area (Å²) in [5.74, 6) is 0.637. The highest BCUT2D eigenvalue weighted by atomic mass is 16.2. The van der Waals surface area contributed by atoms with Crippen LogP contribution in [0.2, 0.25) is 0 Å². The molecule has 1 fully saturated rings. The van der Waals surface area contributed by atoms with Gasteiger partial charge in [0.05, 0.1) is 25.1 Å². The SMILES string of the molecule is O=C(CN1CC[C@H](c2ccccc2)C1)N1CCc2c(nc[nH]c2=O)C1. The van der Waals surface area contributed by atoms with E-state index in [1.807, 2.05) is 11.0 Å². The molecule has 1 N–H and O–H groups in total. The zero-order valence-electron chi connectivity index (χ0n) is 14.1. The fourth-order valence-electron chi connectivity index (χ4n) is 3.84. The van der Waals surface area contributed by atoms with Gasteiger partial charge in [-0.15, -0.1) is 0 Å². The van der Waals surface area contributed by atoms with Gasteiger partial charge in [-0.05, 0) is 30.9 Å². The highest BCUT2D eigenvalue weighted by Crippen LogP contribution is 2.27. The molecular formula is C19H22N4O2. The van der Waals surface area contributed by atoms with Crippen LogP contribution in [-0.4, -0.2) is 51.9 Å². The lowest BCUT2D eigenvalue weighted by Gasteiger charge is -2.29. The Labute approximate surface area is 146 Å². The third kappa shape index (κ3) is 3.35. The number of aromatic amines is 1. The predicted molar refractivity (Wildman–Crippen MR) is 94.2 cm³/mol. The van der Waals surface area contributed by atoms with Crippen LogP contribution in [0.1, 0.15) is 29.2 Å². The first kappa shape index (κ1) is 16.0. The van der Waals surface area contributed by atoms with Gasteiger partial charge in [0.25, 0.3) is 5.56 Å². The number of nitrogens with one attached hydrogen (secondary N) is 1. The van der Waals surface area contributed by atoms with E-state index in [2.05, 4.69) is 39.1 Å². The second-order valence-electron chi connectivity index (χ2n) is 6.85. The maximum Gasteiger partial charge on any atom is 0.254 e. The summed E-state index contributed by atoms with van der Waals surface area (Å²) in [5, 5.41) is 0. The minimum absolute atomic E-state index is 0.0812. The summed E-state index contributed by atoms with van der Waals surface area (Å²) in [6, 6.07) is 10.5. The summed E-state index contributed by atoms with van der Waals surface area (Å²) in [6.07, 6.45) is 3.09. The summed E-state index contributed by atoms with van der Waals surface area (Å²) >= 11 is 0. The average molecular weight is 338 g/mol. The van der Waals surface area contributed by atoms with Gasteiger partial charge in [-0.2, -0.15) is 0 Å². The molecule has 2 aliphatic rings. The van der Waals surface area contributed by atoms with Crippen LogP contribution in [0.5, 0.6) is 0 Å².